The van der Waals surface area contributed by atoms with Crippen molar-refractivity contribution < 1.29 is 9.84 Å². The van der Waals surface area contributed by atoms with Crippen molar-refractivity contribution in [3.63, 3.8) is 0 Å². The lowest BCUT2D eigenvalue weighted by Crippen LogP contribution is -2.33. The van der Waals surface area contributed by atoms with Gasteiger partial charge in [-0.3, -0.25) is 9.88 Å². The van der Waals surface area contributed by atoms with Gasteiger partial charge < -0.3 is 9.84 Å². The normalized spacial score (nSPS) is 31.3. The Kier molecular flexibility index (Phi) is 2.76. The molecule has 0 spiro atoms. The van der Waals surface area contributed by atoms with Crippen molar-refractivity contribution in [3.8, 4) is 5.75 Å². The van der Waals surface area contributed by atoms with Gasteiger partial charge in [0.15, 0.2) is 0 Å². The first-order valence-electron chi connectivity index (χ1n) is 6.18. The first-order chi connectivity index (χ1) is 8.28. The van der Waals surface area contributed by atoms with Crippen LogP contribution in [0.15, 0.2) is 18.3 Å². The number of piperidine rings is 1. The number of aliphatic hydroxyl groups excluding tert-OH is 1. The molecule has 0 bridgehead atoms. The molecule has 4 nitrogen and oxygen atoms in total. The number of likely N-dealkylation sites (tertiary alicyclic amines) is 1. The molecule has 0 aromatic carbocycles. The molecule has 1 saturated carbocycles. The highest BCUT2D eigenvalue weighted by molar-refractivity contribution is 5.19. The summed E-state index contributed by atoms with van der Waals surface area (Å²) in [6.07, 6.45) is 4.32. The monoisotopic (exact) mass is 234 g/mol. The number of aromatic nitrogens is 1. The zero-order valence-corrected chi connectivity index (χ0v) is 10.0. The Labute approximate surface area is 101 Å². The van der Waals surface area contributed by atoms with Crippen LogP contribution in [0.4, 0.5) is 0 Å². The van der Waals surface area contributed by atoms with Crippen LogP contribution in [-0.4, -0.2) is 40.7 Å². The summed E-state index contributed by atoms with van der Waals surface area (Å²) in [7, 11) is 2.19. The van der Waals surface area contributed by atoms with Crippen LogP contribution in [0.25, 0.3) is 0 Å². The maximum atomic E-state index is 8.89. The molecule has 1 aromatic rings. The van der Waals surface area contributed by atoms with Crippen molar-refractivity contribution >= 4 is 0 Å². The SMILES string of the molecule is CN1C(COc2ccc(CO)nc2)CC2CC21. The van der Waals surface area contributed by atoms with Crippen LogP contribution in [0, 0.1) is 5.92 Å². The van der Waals surface area contributed by atoms with Gasteiger partial charge in [0.2, 0.25) is 0 Å². The maximum Gasteiger partial charge on any atom is 0.137 e. The van der Waals surface area contributed by atoms with Crippen LogP contribution in [0.2, 0.25) is 0 Å². The predicted molar refractivity (Wildman–Crippen MR) is 63.7 cm³/mol. The van der Waals surface area contributed by atoms with E-state index in [0.29, 0.717) is 11.7 Å². The predicted octanol–water partition coefficient (Wildman–Crippen LogP) is 1.05. The summed E-state index contributed by atoms with van der Waals surface area (Å²) in [5, 5.41) is 8.89. The number of hydrogen-bond acceptors (Lipinski definition) is 4. The number of likely N-dealkylation sites (N-methyl/N-ethyl adjacent to an activating group) is 1. The lowest BCUT2D eigenvalue weighted by Gasteiger charge is -2.22. The lowest BCUT2D eigenvalue weighted by molar-refractivity contribution is 0.176. The fraction of sp³-hybridized carbons (Fsp3) is 0.615. The molecule has 0 radical (unpaired) electrons. The molecular formula is C13H18N2O2. The van der Waals surface area contributed by atoms with Crippen LogP contribution in [0.3, 0.4) is 0 Å². The molecule has 2 heterocycles. The summed E-state index contributed by atoms with van der Waals surface area (Å²) >= 11 is 0. The van der Waals surface area contributed by atoms with Gasteiger partial charge >= 0.3 is 0 Å². The van der Waals surface area contributed by atoms with Gasteiger partial charge in [0, 0.05) is 12.1 Å². The first kappa shape index (κ1) is 11.0. The second-order valence-corrected chi connectivity index (χ2v) is 5.07. The average molecular weight is 234 g/mol. The highest BCUT2D eigenvalue weighted by Gasteiger charge is 2.50. The van der Waals surface area contributed by atoms with E-state index < -0.39 is 0 Å². The third-order valence-corrected chi connectivity index (χ3v) is 3.96. The van der Waals surface area contributed by atoms with E-state index >= 15 is 0 Å². The summed E-state index contributed by atoms with van der Waals surface area (Å²) < 4.78 is 5.74. The second kappa shape index (κ2) is 4.27. The number of ether oxygens (including phenoxy) is 1. The summed E-state index contributed by atoms with van der Waals surface area (Å²) in [4.78, 5) is 6.54. The lowest BCUT2D eigenvalue weighted by atomic mass is 10.2. The molecule has 3 atom stereocenters. The number of aliphatic hydroxyl groups is 1. The van der Waals surface area contributed by atoms with Gasteiger partial charge in [-0.2, -0.15) is 0 Å². The van der Waals surface area contributed by atoms with Crippen molar-refractivity contribution in [3.05, 3.63) is 24.0 Å². The van der Waals surface area contributed by atoms with Gasteiger partial charge in [-0.25, -0.2) is 0 Å². The summed E-state index contributed by atoms with van der Waals surface area (Å²) in [6, 6.07) is 5.04. The van der Waals surface area contributed by atoms with Crippen LogP contribution >= 0.6 is 0 Å². The minimum atomic E-state index is -0.0188. The minimum absolute atomic E-state index is 0.0188. The van der Waals surface area contributed by atoms with Crippen LogP contribution < -0.4 is 4.74 Å². The van der Waals surface area contributed by atoms with Crippen LogP contribution in [-0.2, 0) is 6.61 Å². The van der Waals surface area contributed by atoms with Gasteiger partial charge in [0.05, 0.1) is 18.5 Å². The number of fused-ring (bicyclic) bond motifs is 1. The van der Waals surface area contributed by atoms with E-state index in [2.05, 4.69) is 16.9 Å². The Hall–Kier alpha value is -1.13. The number of nitrogens with zero attached hydrogens (tertiary/aromatic N) is 2. The van der Waals surface area contributed by atoms with E-state index in [9.17, 15) is 0 Å². The smallest absolute Gasteiger partial charge is 0.137 e. The Morgan fingerprint density at radius 1 is 1.47 bits per heavy atom. The maximum absolute atomic E-state index is 8.89. The number of hydrogen-bond donors (Lipinski definition) is 1. The summed E-state index contributed by atoms with van der Waals surface area (Å²) in [5.41, 5.74) is 0.677. The molecule has 1 aliphatic carbocycles. The van der Waals surface area contributed by atoms with Gasteiger partial charge in [-0.15, -0.1) is 0 Å². The standard InChI is InChI=1S/C13H18N2O2/c1-15-11(4-9-5-13(9)15)8-17-12-3-2-10(7-16)14-6-12/h2-3,6,9,11,13,16H,4-5,7-8H2,1H3. The van der Waals surface area contributed by atoms with Crippen molar-refractivity contribution in [1.82, 2.24) is 9.88 Å². The van der Waals surface area contributed by atoms with E-state index in [-0.39, 0.29) is 6.61 Å². The topological polar surface area (TPSA) is 45.6 Å². The van der Waals surface area contributed by atoms with Gasteiger partial charge in [0.1, 0.15) is 12.4 Å². The first-order valence-corrected chi connectivity index (χ1v) is 6.18. The van der Waals surface area contributed by atoms with E-state index in [1.54, 1.807) is 12.3 Å². The van der Waals surface area contributed by atoms with E-state index in [1.807, 2.05) is 6.07 Å². The summed E-state index contributed by atoms with van der Waals surface area (Å²) in [5.74, 6) is 1.71. The molecule has 92 valence electrons. The molecular weight excluding hydrogens is 216 g/mol. The highest BCUT2D eigenvalue weighted by Crippen LogP contribution is 2.46. The fourth-order valence-corrected chi connectivity index (χ4v) is 2.74. The van der Waals surface area contributed by atoms with Crippen molar-refractivity contribution in [2.75, 3.05) is 13.7 Å². The van der Waals surface area contributed by atoms with Crippen molar-refractivity contribution in [2.24, 2.45) is 5.92 Å². The molecule has 3 rings (SSSR count). The number of rotatable bonds is 4. The second-order valence-electron chi connectivity index (χ2n) is 5.07. The molecule has 0 amide bonds. The zero-order chi connectivity index (χ0) is 11.8. The van der Waals surface area contributed by atoms with Gasteiger partial charge in [-0.05, 0) is 37.9 Å². The zero-order valence-electron chi connectivity index (χ0n) is 10.0. The molecule has 1 aliphatic heterocycles. The third-order valence-electron chi connectivity index (χ3n) is 3.96. The Bertz CT molecular complexity index is 393. The largest absolute Gasteiger partial charge is 0.490 e. The van der Waals surface area contributed by atoms with E-state index in [0.717, 1.165) is 24.3 Å². The van der Waals surface area contributed by atoms with Gasteiger partial charge in [0.25, 0.3) is 0 Å². The Morgan fingerprint density at radius 2 is 2.35 bits per heavy atom. The molecule has 4 heteroatoms. The fourth-order valence-electron chi connectivity index (χ4n) is 2.74. The third kappa shape index (κ3) is 2.15. The highest BCUT2D eigenvalue weighted by atomic mass is 16.5. The Balaban J connectivity index is 1.53. The Morgan fingerprint density at radius 3 is 2.94 bits per heavy atom. The molecule has 2 aliphatic rings. The van der Waals surface area contributed by atoms with Crippen LogP contribution in [0.5, 0.6) is 5.75 Å². The molecule has 2 fully saturated rings. The van der Waals surface area contributed by atoms with E-state index in [4.69, 9.17) is 9.84 Å². The molecule has 1 N–H and O–H groups in total. The average Bonchev–Trinajstić information content (AvgIpc) is 3.07. The number of pyridine rings is 1. The van der Waals surface area contributed by atoms with Crippen molar-refractivity contribution in [1.29, 1.82) is 0 Å². The molecule has 17 heavy (non-hydrogen) atoms. The quantitative estimate of drug-likeness (QED) is 0.845. The molecule has 1 aromatic heterocycles. The van der Waals surface area contributed by atoms with Crippen molar-refractivity contribution in [2.45, 2.75) is 31.5 Å². The summed E-state index contributed by atoms with van der Waals surface area (Å²) in [6.45, 7) is 0.721. The molecule has 1 saturated heterocycles. The minimum Gasteiger partial charge on any atom is -0.490 e. The van der Waals surface area contributed by atoms with Gasteiger partial charge in [-0.1, -0.05) is 0 Å². The molecule has 3 unspecified atom stereocenters. The van der Waals surface area contributed by atoms with Crippen LogP contribution in [0.1, 0.15) is 18.5 Å². The van der Waals surface area contributed by atoms with E-state index in [1.165, 1.54) is 12.8 Å².